The highest BCUT2D eigenvalue weighted by molar-refractivity contribution is 5.75. The van der Waals surface area contributed by atoms with E-state index in [4.69, 9.17) is 10.5 Å². The molecule has 0 saturated heterocycles. The number of carbonyl (C=O) groups excluding carboxylic acids is 1. The fourth-order valence-corrected chi connectivity index (χ4v) is 1.35. The molecule has 0 fully saturated rings. The van der Waals surface area contributed by atoms with Crippen LogP contribution in [0.25, 0.3) is 0 Å². The van der Waals surface area contributed by atoms with E-state index in [1.54, 1.807) is 0 Å². The lowest BCUT2D eigenvalue weighted by atomic mass is 10.2. The van der Waals surface area contributed by atoms with E-state index >= 15 is 0 Å². The Labute approximate surface area is 98.9 Å². The molecule has 16 heavy (non-hydrogen) atoms. The first-order chi connectivity index (χ1) is 7.81. The molecule has 3 N–H and O–H groups in total. The van der Waals surface area contributed by atoms with Gasteiger partial charge in [-0.05, 0) is 25.8 Å². The van der Waals surface area contributed by atoms with E-state index in [1.807, 2.05) is 0 Å². The molecule has 0 aromatic carbocycles. The molecular formula is C12H26N2O2. The van der Waals surface area contributed by atoms with E-state index < -0.39 is 0 Å². The van der Waals surface area contributed by atoms with E-state index in [2.05, 4.69) is 12.2 Å². The third-order valence-corrected chi connectivity index (χ3v) is 2.27. The van der Waals surface area contributed by atoms with Crippen molar-refractivity contribution in [2.45, 2.75) is 45.4 Å². The van der Waals surface area contributed by atoms with Gasteiger partial charge in [-0.1, -0.05) is 19.8 Å². The Morgan fingerprint density at radius 2 is 1.94 bits per heavy atom. The standard InChI is InChI=1S/C12H26N2O2/c1-2-10-16-11-7-12(15)14-9-6-4-3-5-8-13/h2-11,13H2,1H3,(H,14,15). The van der Waals surface area contributed by atoms with Crippen molar-refractivity contribution in [1.82, 2.24) is 5.32 Å². The minimum absolute atomic E-state index is 0.0925. The number of nitrogens with two attached hydrogens (primary N) is 1. The minimum atomic E-state index is 0.0925. The highest BCUT2D eigenvalue weighted by Crippen LogP contribution is 1.97. The average molecular weight is 230 g/mol. The summed E-state index contributed by atoms with van der Waals surface area (Å²) in [6, 6.07) is 0. The first-order valence-electron chi connectivity index (χ1n) is 6.35. The van der Waals surface area contributed by atoms with Crippen LogP contribution in [0.3, 0.4) is 0 Å². The lowest BCUT2D eigenvalue weighted by molar-refractivity contribution is -0.122. The van der Waals surface area contributed by atoms with Crippen molar-refractivity contribution in [3.63, 3.8) is 0 Å². The van der Waals surface area contributed by atoms with E-state index in [1.165, 1.54) is 0 Å². The van der Waals surface area contributed by atoms with Crippen LogP contribution < -0.4 is 11.1 Å². The lowest BCUT2D eigenvalue weighted by Gasteiger charge is -2.05. The fraction of sp³-hybridized carbons (Fsp3) is 0.917. The molecule has 0 spiro atoms. The van der Waals surface area contributed by atoms with Gasteiger partial charge in [0, 0.05) is 19.6 Å². The van der Waals surface area contributed by atoms with Crippen molar-refractivity contribution < 1.29 is 9.53 Å². The molecule has 0 bridgehead atoms. The van der Waals surface area contributed by atoms with Crippen molar-refractivity contribution in [3.8, 4) is 0 Å². The minimum Gasteiger partial charge on any atom is -0.381 e. The van der Waals surface area contributed by atoms with Crippen LogP contribution in [0.4, 0.5) is 0 Å². The molecule has 0 aliphatic carbocycles. The second kappa shape index (κ2) is 12.5. The summed E-state index contributed by atoms with van der Waals surface area (Å²) < 4.78 is 5.24. The third kappa shape index (κ3) is 11.5. The number of nitrogens with one attached hydrogen (secondary N) is 1. The molecule has 0 aliphatic heterocycles. The number of rotatable bonds is 11. The van der Waals surface area contributed by atoms with Crippen LogP contribution in [0.15, 0.2) is 0 Å². The summed E-state index contributed by atoms with van der Waals surface area (Å²) in [5, 5.41) is 2.89. The van der Waals surface area contributed by atoms with Crippen molar-refractivity contribution in [2.24, 2.45) is 5.73 Å². The maximum Gasteiger partial charge on any atom is 0.222 e. The van der Waals surface area contributed by atoms with E-state index in [-0.39, 0.29) is 5.91 Å². The van der Waals surface area contributed by atoms with Crippen LogP contribution >= 0.6 is 0 Å². The van der Waals surface area contributed by atoms with Crippen LogP contribution in [0.1, 0.15) is 45.4 Å². The first kappa shape index (κ1) is 15.4. The number of ether oxygens (including phenoxy) is 1. The largest absolute Gasteiger partial charge is 0.381 e. The molecule has 96 valence electrons. The summed E-state index contributed by atoms with van der Waals surface area (Å²) in [6.07, 6.45) is 5.90. The predicted octanol–water partition coefficient (Wildman–Crippen LogP) is 1.44. The molecule has 0 unspecified atom stereocenters. The summed E-state index contributed by atoms with van der Waals surface area (Å²) >= 11 is 0. The average Bonchev–Trinajstić information content (AvgIpc) is 2.29. The Hall–Kier alpha value is -0.610. The van der Waals surface area contributed by atoms with Gasteiger partial charge in [-0.25, -0.2) is 0 Å². The molecule has 0 heterocycles. The second-order valence-corrected chi connectivity index (χ2v) is 3.92. The number of hydrogen-bond donors (Lipinski definition) is 2. The molecule has 0 radical (unpaired) electrons. The normalized spacial score (nSPS) is 10.4. The molecule has 0 atom stereocenters. The van der Waals surface area contributed by atoms with Crippen LogP contribution in [-0.2, 0) is 9.53 Å². The fourth-order valence-electron chi connectivity index (χ4n) is 1.35. The summed E-state index contributed by atoms with van der Waals surface area (Å²) in [5.41, 5.74) is 5.39. The summed E-state index contributed by atoms with van der Waals surface area (Å²) in [4.78, 5) is 11.3. The highest BCUT2D eigenvalue weighted by Gasteiger charge is 1.99. The molecule has 0 saturated carbocycles. The molecule has 1 amide bonds. The second-order valence-electron chi connectivity index (χ2n) is 3.92. The van der Waals surface area contributed by atoms with Gasteiger partial charge in [-0.2, -0.15) is 0 Å². The van der Waals surface area contributed by atoms with Gasteiger partial charge in [-0.3, -0.25) is 4.79 Å². The van der Waals surface area contributed by atoms with Crippen molar-refractivity contribution in [2.75, 3.05) is 26.3 Å². The lowest BCUT2D eigenvalue weighted by Crippen LogP contribution is -2.25. The van der Waals surface area contributed by atoms with Crippen molar-refractivity contribution in [3.05, 3.63) is 0 Å². The SMILES string of the molecule is CCCOCCC(=O)NCCCCCCN. The Bertz CT molecular complexity index is 163. The van der Waals surface area contributed by atoms with Gasteiger partial charge >= 0.3 is 0 Å². The monoisotopic (exact) mass is 230 g/mol. The first-order valence-corrected chi connectivity index (χ1v) is 6.35. The third-order valence-electron chi connectivity index (χ3n) is 2.27. The van der Waals surface area contributed by atoms with Gasteiger partial charge in [0.2, 0.25) is 5.91 Å². The Morgan fingerprint density at radius 1 is 1.19 bits per heavy atom. The van der Waals surface area contributed by atoms with Crippen LogP contribution in [-0.4, -0.2) is 32.2 Å². The number of unbranched alkanes of at least 4 members (excludes halogenated alkanes) is 3. The molecule has 0 aromatic rings. The molecular weight excluding hydrogens is 204 g/mol. The molecule has 4 nitrogen and oxygen atoms in total. The topological polar surface area (TPSA) is 64.3 Å². The number of hydrogen-bond acceptors (Lipinski definition) is 3. The number of carbonyl (C=O) groups is 1. The summed E-state index contributed by atoms with van der Waals surface area (Å²) in [6.45, 7) is 4.87. The molecule has 0 aromatic heterocycles. The van der Waals surface area contributed by atoms with E-state index in [0.29, 0.717) is 13.0 Å². The van der Waals surface area contributed by atoms with E-state index in [0.717, 1.165) is 51.8 Å². The van der Waals surface area contributed by atoms with Crippen molar-refractivity contribution in [1.29, 1.82) is 0 Å². The quantitative estimate of drug-likeness (QED) is 0.528. The number of amides is 1. The van der Waals surface area contributed by atoms with Gasteiger partial charge < -0.3 is 15.8 Å². The Balaban J connectivity index is 3.11. The van der Waals surface area contributed by atoms with Gasteiger partial charge in [0.1, 0.15) is 0 Å². The van der Waals surface area contributed by atoms with Crippen LogP contribution in [0.5, 0.6) is 0 Å². The maximum atomic E-state index is 11.3. The zero-order chi connectivity index (χ0) is 12.1. The summed E-state index contributed by atoms with van der Waals surface area (Å²) in [7, 11) is 0. The van der Waals surface area contributed by atoms with Gasteiger partial charge in [0.15, 0.2) is 0 Å². The van der Waals surface area contributed by atoms with Gasteiger partial charge in [-0.15, -0.1) is 0 Å². The predicted molar refractivity (Wildman–Crippen MR) is 66.3 cm³/mol. The highest BCUT2D eigenvalue weighted by atomic mass is 16.5. The smallest absolute Gasteiger partial charge is 0.222 e. The molecule has 4 heteroatoms. The Morgan fingerprint density at radius 3 is 2.62 bits per heavy atom. The maximum absolute atomic E-state index is 11.3. The zero-order valence-electron chi connectivity index (χ0n) is 10.5. The van der Waals surface area contributed by atoms with Gasteiger partial charge in [0.05, 0.1) is 6.61 Å². The zero-order valence-corrected chi connectivity index (χ0v) is 10.5. The van der Waals surface area contributed by atoms with Crippen LogP contribution in [0, 0.1) is 0 Å². The molecule has 0 aliphatic rings. The van der Waals surface area contributed by atoms with Crippen molar-refractivity contribution >= 4 is 5.91 Å². The van der Waals surface area contributed by atoms with Crippen LogP contribution in [0.2, 0.25) is 0 Å². The summed E-state index contributed by atoms with van der Waals surface area (Å²) in [5.74, 6) is 0.0925. The van der Waals surface area contributed by atoms with E-state index in [9.17, 15) is 4.79 Å². The van der Waals surface area contributed by atoms with Gasteiger partial charge in [0.25, 0.3) is 0 Å². The Kier molecular flexibility index (Phi) is 12.0. The molecule has 0 rings (SSSR count).